The highest BCUT2D eigenvalue weighted by Crippen LogP contribution is 2.42. The minimum Gasteiger partial charge on any atom is -0.294 e. The molecule has 0 bridgehead atoms. The molecule has 0 radical (unpaired) electrons. The van der Waals surface area contributed by atoms with Crippen LogP contribution in [-0.4, -0.2) is 33.6 Å². The standard InChI is InChI=1S/C50H31N7/c1-2-15-32(16-3-1)48-53-40(31-46(54-48)55-41-24-8-4-17-33(41)34-18-5-9-25-42(34)55)39-21-12-28-45(56-43-26-10-6-19-35(43)37-22-13-29-51-49(37)56)47(39)57-44-27-11-7-20-36(44)38-23-14-30-52-50(38)57/h1-31H/i1D,2D,3D,4D,5D,8D,9D,15D,16D,17D,18D,24D,25D,31D. The van der Waals surface area contributed by atoms with Crippen molar-refractivity contribution in [2.24, 2.45) is 0 Å². The third kappa shape index (κ3) is 4.66. The van der Waals surface area contributed by atoms with E-state index in [0.717, 1.165) is 31.6 Å². The Balaban J connectivity index is 1.33. The zero-order chi connectivity index (χ0) is 49.6. The Morgan fingerprint density at radius 3 is 1.70 bits per heavy atom. The molecule has 0 atom stereocenters. The van der Waals surface area contributed by atoms with Crippen molar-refractivity contribution >= 4 is 65.7 Å². The van der Waals surface area contributed by atoms with Crippen LogP contribution in [0.4, 0.5) is 0 Å². The van der Waals surface area contributed by atoms with Gasteiger partial charge in [-0.3, -0.25) is 13.7 Å². The largest absolute Gasteiger partial charge is 0.294 e. The zero-order valence-corrected chi connectivity index (χ0v) is 29.4. The van der Waals surface area contributed by atoms with Gasteiger partial charge in [0.2, 0.25) is 0 Å². The first-order valence-corrected chi connectivity index (χ1v) is 17.9. The lowest BCUT2D eigenvalue weighted by Crippen LogP contribution is -2.08. The molecule has 12 aromatic rings. The van der Waals surface area contributed by atoms with Crippen LogP contribution in [-0.2, 0) is 0 Å². The molecule has 57 heavy (non-hydrogen) atoms. The normalized spacial score (nSPS) is 15.3. The highest BCUT2D eigenvalue weighted by molar-refractivity contribution is 6.11. The minimum absolute atomic E-state index is 0.194. The Labute approximate surface area is 346 Å². The lowest BCUT2D eigenvalue weighted by atomic mass is 10.1. The van der Waals surface area contributed by atoms with E-state index in [-0.39, 0.29) is 33.1 Å². The monoisotopic (exact) mass is 743 g/mol. The summed E-state index contributed by atoms with van der Waals surface area (Å²) < 4.78 is 131. The van der Waals surface area contributed by atoms with Gasteiger partial charge in [0.05, 0.1) is 58.3 Å². The van der Waals surface area contributed by atoms with E-state index in [1.165, 1.54) is 0 Å². The molecule has 0 saturated carbocycles. The fourth-order valence-corrected chi connectivity index (χ4v) is 7.93. The van der Waals surface area contributed by atoms with Crippen LogP contribution in [0.1, 0.15) is 19.2 Å². The molecule has 6 heterocycles. The molecule has 266 valence electrons. The lowest BCUT2D eigenvalue weighted by Gasteiger charge is -2.20. The molecule has 0 saturated heterocycles. The van der Waals surface area contributed by atoms with Gasteiger partial charge >= 0.3 is 0 Å². The number of para-hydroxylation sites is 5. The van der Waals surface area contributed by atoms with Crippen LogP contribution in [0, 0.1) is 0 Å². The predicted octanol–water partition coefficient (Wildman–Crippen LogP) is 11.9. The Hall–Kier alpha value is -7.90. The Morgan fingerprint density at radius 1 is 0.439 bits per heavy atom. The molecule has 6 aromatic heterocycles. The second-order valence-corrected chi connectivity index (χ2v) is 13.3. The van der Waals surface area contributed by atoms with Gasteiger partial charge < -0.3 is 0 Å². The molecule has 7 heteroatoms. The molecule has 0 aliphatic heterocycles. The maximum Gasteiger partial charge on any atom is 0.162 e. The Bertz CT molecular complexity index is 4160. The maximum absolute atomic E-state index is 10.3. The summed E-state index contributed by atoms with van der Waals surface area (Å²) in [5, 5.41) is 2.79. The summed E-state index contributed by atoms with van der Waals surface area (Å²) in [6.45, 7) is 0. The van der Waals surface area contributed by atoms with Crippen molar-refractivity contribution in [1.29, 1.82) is 0 Å². The summed E-state index contributed by atoms with van der Waals surface area (Å²) in [5.74, 6) is -0.975. The number of hydrogen-bond donors (Lipinski definition) is 0. The van der Waals surface area contributed by atoms with Crippen molar-refractivity contribution in [2.75, 3.05) is 0 Å². The molecule has 0 N–H and O–H groups in total. The maximum atomic E-state index is 10.3. The number of fused-ring (bicyclic) bond motifs is 9. The van der Waals surface area contributed by atoms with Crippen molar-refractivity contribution in [1.82, 2.24) is 33.6 Å². The predicted molar refractivity (Wildman–Crippen MR) is 232 cm³/mol. The lowest BCUT2D eigenvalue weighted by molar-refractivity contribution is 1.04. The Morgan fingerprint density at radius 2 is 1.02 bits per heavy atom. The number of rotatable bonds is 5. The average Bonchev–Trinajstić information content (AvgIpc) is 4.04. The fraction of sp³-hybridized carbons (Fsp3) is 0. The molecule has 6 aromatic carbocycles. The number of aromatic nitrogens is 7. The van der Waals surface area contributed by atoms with Gasteiger partial charge in [-0.1, -0.05) is 115 Å². The smallest absolute Gasteiger partial charge is 0.162 e. The number of benzene rings is 6. The molecule has 0 fully saturated rings. The van der Waals surface area contributed by atoms with Crippen molar-refractivity contribution < 1.29 is 19.2 Å². The summed E-state index contributed by atoms with van der Waals surface area (Å²) in [5.41, 5.74) is 2.38. The van der Waals surface area contributed by atoms with Gasteiger partial charge in [0.1, 0.15) is 17.1 Å². The molecule has 0 aliphatic carbocycles. The van der Waals surface area contributed by atoms with Gasteiger partial charge in [-0.2, -0.15) is 0 Å². The highest BCUT2D eigenvalue weighted by Gasteiger charge is 2.25. The summed E-state index contributed by atoms with van der Waals surface area (Å²) in [6, 6.07) is 19.0. The molecular formula is C50H31N7. The summed E-state index contributed by atoms with van der Waals surface area (Å²) in [4.78, 5) is 19.5. The first-order chi connectivity index (χ1) is 34.1. The molecule has 0 spiro atoms. The molecule has 7 nitrogen and oxygen atoms in total. The third-order valence-corrected chi connectivity index (χ3v) is 10.2. The van der Waals surface area contributed by atoms with Gasteiger partial charge in [0.15, 0.2) is 5.82 Å². The van der Waals surface area contributed by atoms with Crippen LogP contribution in [0.5, 0.6) is 0 Å². The quantitative estimate of drug-likeness (QED) is 0.176. The van der Waals surface area contributed by atoms with E-state index in [1.54, 1.807) is 24.5 Å². The number of nitrogens with zero attached hydrogens (tertiary/aromatic N) is 7. The summed E-state index contributed by atoms with van der Waals surface area (Å²) in [6.07, 6.45) is 3.34. The SMILES string of the molecule is [2H]c1c(-c2cccc(-n3c4ccccc4c4cccnc43)c2-n2c3ccccc3c3cccnc32)nc(-c2c([2H])c([2H])c([2H])c([2H])c2[2H])nc1-n1c2c([2H])c([2H])c([2H])c([2H])c2c2c([2H])c([2H])c([2H])c([2H])c21. The van der Waals surface area contributed by atoms with Gasteiger partial charge in [-0.15, -0.1) is 0 Å². The zero-order valence-electron chi connectivity index (χ0n) is 43.4. The third-order valence-electron chi connectivity index (χ3n) is 10.2. The summed E-state index contributed by atoms with van der Waals surface area (Å²) in [7, 11) is 0. The molecule has 0 aliphatic rings. The Kier molecular flexibility index (Phi) is 4.47. The molecular weight excluding hydrogens is 699 g/mol. The van der Waals surface area contributed by atoms with E-state index in [2.05, 4.69) is 0 Å². The minimum atomic E-state index is -0.708. The van der Waals surface area contributed by atoms with E-state index < -0.39 is 102 Å². The number of pyridine rings is 2. The van der Waals surface area contributed by atoms with Crippen LogP contribution in [0.2, 0.25) is 0 Å². The average molecular weight is 744 g/mol. The number of hydrogen-bond acceptors (Lipinski definition) is 4. The van der Waals surface area contributed by atoms with Crippen molar-refractivity contribution in [3.8, 4) is 39.8 Å². The second kappa shape index (κ2) is 12.3. The second-order valence-electron chi connectivity index (χ2n) is 13.3. The van der Waals surface area contributed by atoms with Gasteiger partial charge in [-0.25, -0.2) is 19.9 Å². The van der Waals surface area contributed by atoms with Crippen LogP contribution >= 0.6 is 0 Å². The molecule has 0 unspecified atom stereocenters. The first kappa shape index (κ1) is 20.7. The summed E-state index contributed by atoms with van der Waals surface area (Å²) >= 11 is 0. The van der Waals surface area contributed by atoms with Crippen LogP contribution in [0.25, 0.3) is 106 Å². The van der Waals surface area contributed by atoms with Crippen molar-refractivity contribution in [3.05, 3.63) is 188 Å². The van der Waals surface area contributed by atoms with Crippen LogP contribution in [0.15, 0.2) is 188 Å². The van der Waals surface area contributed by atoms with E-state index >= 15 is 0 Å². The van der Waals surface area contributed by atoms with Crippen molar-refractivity contribution in [2.45, 2.75) is 0 Å². The van der Waals surface area contributed by atoms with Crippen LogP contribution < -0.4 is 0 Å². The van der Waals surface area contributed by atoms with E-state index in [1.807, 2.05) is 88.0 Å². The van der Waals surface area contributed by atoms with Crippen LogP contribution in [0.3, 0.4) is 0 Å². The van der Waals surface area contributed by atoms with Crippen molar-refractivity contribution in [3.63, 3.8) is 0 Å². The van der Waals surface area contributed by atoms with E-state index in [9.17, 15) is 4.11 Å². The van der Waals surface area contributed by atoms with Gasteiger partial charge in [-0.05, 0) is 54.5 Å². The molecule has 0 amide bonds. The highest BCUT2D eigenvalue weighted by atomic mass is 15.1. The topological polar surface area (TPSA) is 66.3 Å². The molecule has 12 rings (SSSR count). The van der Waals surface area contributed by atoms with Gasteiger partial charge in [0.25, 0.3) is 0 Å². The van der Waals surface area contributed by atoms with Gasteiger partial charge in [0, 0.05) is 61.9 Å². The van der Waals surface area contributed by atoms with E-state index in [4.69, 9.17) is 35.0 Å². The fourth-order valence-electron chi connectivity index (χ4n) is 7.93. The van der Waals surface area contributed by atoms with E-state index in [0.29, 0.717) is 28.2 Å². The first-order valence-electron chi connectivity index (χ1n) is 24.9.